The molecule has 1 saturated heterocycles. The lowest BCUT2D eigenvalue weighted by Gasteiger charge is -2.12. The van der Waals surface area contributed by atoms with Gasteiger partial charge in [0, 0.05) is 18.1 Å². The summed E-state index contributed by atoms with van der Waals surface area (Å²) in [5.74, 6) is 1.28. The Morgan fingerprint density at radius 2 is 2.44 bits per heavy atom. The quantitative estimate of drug-likeness (QED) is 0.385. The predicted octanol–water partition coefficient (Wildman–Crippen LogP) is 1.96. The Balaban J connectivity index is 2.00. The zero-order valence-electron chi connectivity index (χ0n) is 9.80. The summed E-state index contributed by atoms with van der Waals surface area (Å²) in [5, 5.41) is 11.6. The first-order valence-corrected chi connectivity index (χ1v) is 6.48. The van der Waals surface area contributed by atoms with Gasteiger partial charge in [-0.15, -0.1) is 0 Å². The van der Waals surface area contributed by atoms with Gasteiger partial charge in [0.15, 0.2) is 5.84 Å². The van der Waals surface area contributed by atoms with E-state index in [0.29, 0.717) is 18.1 Å². The first-order chi connectivity index (χ1) is 8.70. The zero-order valence-corrected chi connectivity index (χ0v) is 11.4. The maximum Gasteiger partial charge on any atom is 0.170 e. The van der Waals surface area contributed by atoms with Gasteiger partial charge < -0.3 is 20.4 Å². The topological polar surface area (TPSA) is 77.1 Å². The van der Waals surface area contributed by atoms with Crippen LogP contribution in [0.15, 0.2) is 27.8 Å². The van der Waals surface area contributed by atoms with Crippen LogP contribution in [0.25, 0.3) is 0 Å². The highest BCUT2D eigenvalue weighted by Gasteiger charge is 2.16. The summed E-state index contributed by atoms with van der Waals surface area (Å²) in [6, 6.07) is 5.31. The van der Waals surface area contributed by atoms with Crippen LogP contribution in [-0.2, 0) is 4.74 Å². The Bertz CT molecular complexity index is 445. The summed E-state index contributed by atoms with van der Waals surface area (Å²) in [7, 11) is 0. The molecule has 0 radical (unpaired) electrons. The van der Waals surface area contributed by atoms with E-state index in [2.05, 4.69) is 21.1 Å². The smallest absolute Gasteiger partial charge is 0.170 e. The Morgan fingerprint density at radius 1 is 1.61 bits per heavy atom. The van der Waals surface area contributed by atoms with E-state index < -0.39 is 0 Å². The lowest BCUT2D eigenvalue weighted by atomic mass is 10.1. The first kappa shape index (κ1) is 13.2. The largest absolute Gasteiger partial charge is 0.492 e. The number of amidine groups is 1. The van der Waals surface area contributed by atoms with E-state index in [0.717, 1.165) is 29.9 Å². The van der Waals surface area contributed by atoms with Gasteiger partial charge in [-0.3, -0.25) is 0 Å². The molecule has 2 rings (SSSR count). The number of nitrogens with zero attached hydrogens (tertiary/aromatic N) is 1. The van der Waals surface area contributed by atoms with Crippen LogP contribution in [0.3, 0.4) is 0 Å². The second kappa shape index (κ2) is 6.06. The van der Waals surface area contributed by atoms with Crippen LogP contribution >= 0.6 is 15.9 Å². The highest BCUT2D eigenvalue weighted by molar-refractivity contribution is 9.10. The Morgan fingerprint density at radius 3 is 3.06 bits per heavy atom. The molecular formula is C12H15BrN2O3. The van der Waals surface area contributed by atoms with Crippen LogP contribution in [0.2, 0.25) is 0 Å². The lowest BCUT2D eigenvalue weighted by Crippen LogP contribution is -2.14. The van der Waals surface area contributed by atoms with Gasteiger partial charge >= 0.3 is 0 Å². The van der Waals surface area contributed by atoms with Crippen molar-refractivity contribution in [3.63, 3.8) is 0 Å². The number of oxime groups is 1. The molecule has 1 aliphatic heterocycles. The minimum atomic E-state index is 0.0754. The molecule has 1 aromatic carbocycles. The van der Waals surface area contributed by atoms with E-state index in [1.165, 1.54) is 0 Å². The number of ether oxygens (including phenoxy) is 2. The molecule has 3 N–H and O–H groups in total. The summed E-state index contributed by atoms with van der Waals surface area (Å²) in [6.45, 7) is 2.22. The molecule has 1 fully saturated rings. The van der Waals surface area contributed by atoms with Gasteiger partial charge in [-0.05, 0) is 40.5 Å². The van der Waals surface area contributed by atoms with Gasteiger partial charge in [0.05, 0.1) is 17.7 Å². The fourth-order valence-corrected chi connectivity index (χ4v) is 2.25. The van der Waals surface area contributed by atoms with Crippen molar-refractivity contribution in [3.8, 4) is 5.75 Å². The molecule has 1 atom stereocenters. The molecule has 0 saturated carbocycles. The summed E-state index contributed by atoms with van der Waals surface area (Å²) >= 11 is 3.41. The van der Waals surface area contributed by atoms with Gasteiger partial charge in [-0.25, -0.2) is 0 Å². The average Bonchev–Trinajstić information content (AvgIpc) is 2.89. The average molecular weight is 315 g/mol. The van der Waals surface area contributed by atoms with Gasteiger partial charge in [0.1, 0.15) is 5.75 Å². The third-order valence-electron chi connectivity index (χ3n) is 2.83. The van der Waals surface area contributed by atoms with E-state index in [9.17, 15) is 0 Å². The Kier molecular flexibility index (Phi) is 4.43. The number of rotatable bonds is 4. The number of hydrogen-bond donors (Lipinski definition) is 2. The van der Waals surface area contributed by atoms with Gasteiger partial charge in [0.25, 0.3) is 0 Å². The van der Waals surface area contributed by atoms with Crippen molar-refractivity contribution in [2.75, 3.05) is 19.8 Å². The number of nitrogens with two attached hydrogens (primary N) is 1. The van der Waals surface area contributed by atoms with Gasteiger partial charge in [-0.1, -0.05) is 5.16 Å². The summed E-state index contributed by atoms with van der Waals surface area (Å²) in [5.41, 5.74) is 6.15. The molecule has 1 heterocycles. The summed E-state index contributed by atoms with van der Waals surface area (Å²) in [4.78, 5) is 0. The van der Waals surface area contributed by atoms with Crippen LogP contribution in [0.4, 0.5) is 0 Å². The number of benzene rings is 1. The highest BCUT2D eigenvalue weighted by atomic mass is 79.9. The molecule has 0 aliphatic carbocycles. The highest BCUT2D eigenvalue weighted by Crippen LogP contribution is 2.27. The number of hydrogen-bond acceptors (Lipinski definition) is 4. The molecule has 0 bridgehead atoms. The summed E-state index contributed by atoms with van der Waals surface area (Å²) in [6.07, 6.45) is 1.04. The van der Waals surface area contributed by atoms with Crippen molar-refractivity contribution < 1.29 is 14.7 Å². The molecule has 1 aliphatic rings. The third-order valence-corrected chi connectivity index (χ3v) is 3.45. The monoisotopic (exact) mass is 314 g/mol. The molecule has 1 aromatic rings. The number of halogens is 1. The second-order valence-electron chi connectivity index (χ2n) is 4.17. The van der Waals surface area contributed by atoms with Crippen molar-refractivity contribution in [2.24, 2.45) is 16.8 Å². The van der Waals surface area contributed by atoms with E-state index in [1.807, 2.05) is 0 Å². The molecule has 5 nitrogen and oxygen atoms in total. The zero-order chi connectivity index (χ0) is 13.0. The minimum absolute atomic E-state index is 0.0754. The third kappa shape index (κ3) is 3.14. The van der Waals surface area contributed by atoms with Crippen molar-refractivity contribution in [3.05, 3.63) is 28.2 Å². The SMILES string of the molecule is N/C(=N/O)c1ccc(OCC2CCOC2)c(Br)c1. The van der Waals surface area contributed by atoms with Crippen LogP contribution in [-0.4, -0.2) is 30.9 Å². The van der Waals surface area contributed by atoms with Crippen molar-refractivity contribution >= 4 is 21.8 Å². The fraction of sp³-hybridized carbons (Fsp3) is 0.417. The van der Waals surface area contributed by atoms with Gasteiger partial charge in [-0.2, -0.15) is 0 Å². The molecule has 0 spiro atoms. The molecule has 0 aromatic heterocycles. The van der Waals surface area contributed by atoms with E-state index in [1.54, 1.807) is 18.2 Å². The van der Waals surface area contributed by atoms with E-state index in [4.69, 9.17) is 20.4 Å². The maximum atomic E-state index is 8.60. The predicted molar refractivity (Wildman–Crippen MR) is 71.1 cm³/mol. The molecule has 1 unspecified atom stereocenters. The second-order valence-corrected chi connectivity index (χ2v) is 5.03. The minimum Gasteiger partial charge on any atom is -0.492 e. The van der Waals surface area contributed by atoms with Crippen LogP contribution in [0.1, 0.15) is 12.0 Å². The molecule has 6 heteroatoms. The van der Waals surface area contributed by atoms with Gasteiger partial charge in [0.2, 0.25) is 0 Å². The first-order valence-electron chi connectivity index (χ1n) is 5.68. The van der Waals surface area contributed by atoms with Crippen molar-refractivity contribution in [2.45, 2.75) is 6.42 Å². The van der Waals surface area contributed by atoms with Crippen molar-refractivity contribution in [1.82, 2.24) is 0 Å². The fourth-order valence-electron chi connectivity index (χ4n) is 1.76. The van der Waals surface area contributed by atoms with E-state index >= 15 is 0 Å². The molecule has 18 heavy (non-hydrogen) atoms. The van der Waals surface area contributed by atoms with Crippen LogP contribution < -0.4 is 10.5 Å². The molecule has 98 valence electrons. The standard InChI is InChI=1S/C12H15BrN2O3/c13-10-5-9(12(14)15-16)1-2-11(10)18-7-8-3-4-17-6-8/h1-2,5,8,16H,3-4,6-7H2,(H2,14,15). The van der Waals surface area contributed by atoms with Crippen molar-refractivity contribution in [1.29, 1.82) is 0 Å². The Labute approximate surface area is 114 Å². The Hall–Kier alpha value is -1.27. The molecule has 0 amide bonds. The van der Waals surface area contributed by atoms with Crippen LogP contribution in [0.5, 0.6) is 5.75 Å². The molecular weight excluding hydrogens is 300 g/mol. The van der Waals surface area contributed by atoms with Crippen LogP contribution in [0, 0.1) is 5.92 Å². The summed E-state index contributed by atoms with van der Waals surface area (Å²) < 4.78 is 11.8. The van der Waals surface area contributed by atoms with E-state index in [-0.39, 0.29) is 5.84 Å². The lowest BCUT2D eigenvalue weighted by molar-refractivity contribution is 0.167. The normalized spacial score (nSPS) is 20.1. The maximum absolute atomic E-state index is 8.60.